The topological polar surface area (TPSA) is 44.8 Å². The molecule has 0 bridgehead atoms. The Kier molecular flexibility index (Phi) is 4.96. The highest BCUT2D eigenvalue weighted by Crippen LogP contribution is 2.14. The molecule has 0 N–H and O–H groups in total. The van der Waals surface area contributed by atoms with Crippen molar-refractivity contribution in [3.63, 3.8) is 0 Å². The van der Waals surface area contributed by atoms with Gasteiger partial charge in [0.25, 0.3) is 0 Å². The van der Waals surface area contributed by atoms with E-state index in [4.69, 9.17) is 25.8 Å². The molecule has 19 heavy (non-hydrogen) atoms. The van der Waals surface area contributed by atoms with E-state index in [9.17, 15) is 4.79 Å². The molecule has 0 aromatic heterocycles. The molecule has 0 amide bonds. The third-order valence-corrected chi connectivity index (χ3v) is 2.80. The molecular formula is C14H15ClO4. The normalized spacial score (nSPS) is 22.2. The van der Waals surface area contributed by atoms with Crippen molar-refractivity contribution in [3.8, 4) is 0 Å². The molecule has 1 aliphatic rings. The van der Waals surface area contributed by atoms with Crippen LogP contribution in [0.3, 0.4) is 0 Å². The van der Waals surface area contributed by atoms with Gasteiger partial charge in [-0.25, -0.2) is 0 Å². The Labute approximate surface area is 116 Å². The molecule has 1 aliphatic heterocycles. The largest absolute Gasteiger partial charge is 0.456 e. The van der Waals surface area contributed by atoms with Crippen molar-refractivity contribution in [2.24, 2.45) is 0 Å². The summed E-state index contributed by atoms with van der Waals surface area (Å²) in [6.45, 7) is 2.11. The SMILES string of the molecule is CC(=O)O[C@@H]1C=C[C@@H](OCc2ccc(Cl)cc2)OC1. The molecule has 1 aromatic rings. The summed E-state index contributed by atoms with van der Waals surface area (Å²) >= 11 is 5.80. The molecule has 4 nitrogen and oxygen atoms in total. The number of carbonyl (C=O) groups is 1. The van der Waals surface area contributed by atoms with Crippen molar-refractivity contribution in [1.82, 2.24) is 0 Å². The Bertz CT molecular complexity index is 455. The van der Waals surface area contributed by atoms with E-state index in [-0.39, 0.29) is 12.1 Å². The number of halogens is 1. The van der Waals surface area contributed by atoms with Crippen LogP contribution >= 0.6 is 11.6 Å². The van der Waals surface area contributed by atoms with Gasteiger partial charge in [0.2, 0.25) is 0 Å². The summed E-state index contributed by atoms with van der Waals surface area (Å²) in [5, 5.41) is 0.696. The summed E-state index contributed by atoms with van der Waals surface area (Å²) in [5.74, 6) is -0.321. The maximum atomic E-state index is 10.8. The molecule has 2 rings (SSSR count). The lowest BCUT2D eigenvalue weighted by Gasteiger charge is -2.23. The smallest absolute Gasteiger partial charge is 0.303 e. The zero-order chi connectivity index (χ0) is 13.7. The zero-order valence-corrected chi connectivity index (χ0v) is 11.3. The highest BCUT2D eigenvalue weighted by Gasteiger charge is 2.18. The van der Waals surface area contributed by atoms with Gasteiger partial charge in [0, 0.05) is 11.9 Å². The van der Waals surface area contributed by atoms with E-state index in [0.717, 1.165) is 5.56 Å². The maximum Gasteiger partial charge on any atom is 0.303 e. The van der Waals surface area contributed by atoms with Crippen molar-refractivity contribution in [3.05, 3.63) is 47.0 Å². The van der Waals surface area contributed by atoms with Gasteiger partial charge in [-0.3, -0.25) is 4.79 Å². The summed E-state index contributed by atoms with van der Waals surface area (Å²) < 4.78 is 16.0. The minimum Gasteiger partial charge on any atom is -0.456 e. The fraction of sp³-hybridized carbons (Fsp3) is 0.357. The van der Waals surface area contributed by atoms with Crippen LogP contribution in [-0.4, -0.2) is 25.0 Å². The first-order valence-electron chi connectivity index (χ1n) is 5.96. The van der Waals surface area contributed by atoms with Crippen molar-refractivity contribution in [2.45, 2.75) is 25.9 Å². The number of carbonyl (C=O) groups excluding carboxylic acids is 1. The van der Waals surface area contributed by atoms with Gasteiger partial charge >= 0.3 is 5.97 Å². The van der Waals surface area contributed by atoms with Crippen LogP contribution in [0.2, 0.25) is 5.02 Å². The summed E-state index contributed by atoms with van der Waals surface area (Å²) in [7, 11) is 0. The lowest BCUT2D eigenvalue weighted by atomic mass is 10.2. The van der Waals surface area contributed by atoms with Crippen molar-refractivity contribution in [1.29, 1.82) is 0 Å². The number of benzene rings is 1. The van der Waals surface area contributed by atoms with Gasteiger partial charge in [-0.1, -0.05) is 23.7 Å². The minimum absolute atomic E-state index is 0.307. The first-order valence-corrected chi connectivity index (χ1v) is 6.34. The maximum absolute atomic E-state index is 10.8. The Hall–Kier alpha value is -1.36. The molecule has 0 fully saturated rings. The van der Waals surface area contributed by atoms with Crippen LogP contribution in [0, 0.1) is 0 Å². The third-order valence-electron chi connectivity index (χ3n) is 2.55. The fourth-order valence-electron chi connectivity index (χ4n) is 1.66. The van der Waals surface area contributed by atoms with Crippen LogP contribution in [-0.2, 0) is 25.6 Å². The first kappa shape index (κ1) is 14.1. The van der Waals surface area contributed by atoms with Gasteiger partial charge in [-0.05, 0) is 29.8 Å². The van der Waals surface area contributed by atoms with E-state index in [1.54, 1.807) is 12.2 Å². The fourth-order valence-corrected chi connectivity index (χ4v) is 1.79. The van der Waals surface area contributed by atoms with Crippen LogP contribution in [0.5, 0.6) is 0 Å². The highest BCUT2D eigenvalue weighted by molar-refractivity contribution is 6.30. The molecule has 0 saturated heterocycles. The molecule has 0 saturated carbocycles. The summed E-state index contributed by atoms with van der Waals surface area (Å²) in [6.07, 6.45) is 2.78. The Balaban J connectivity index is 1.79. The van der Waals surface area contributed by atoms with E-state index in [2.05, 4.69) is 0 Å². The zero-order valence-electron chi connectivity index (χ0n) is 10.5. The Morgan fingerprint density at radius 2 is 2.11 bits per heavy atom. The van der Waals surface area contributed by atoms with Gasteiger partial charge < -0.3 is 14.2 Å². The van der Waals surface area contributed by atoms with Crippen LogP contribution < -0.4 is 0 Å². The van der Waals surface area contributed by atoms with Crippen LogP contribution in [0.1, 0.15) is 12.5 Å². The van der Waals surface area contributed by atoms with E-state index in [0.29, 0.717) is 18.2 Å². The molecule has 0 spiro atoms. The Morgan fingerprint density at radius 1 is 1.37 bits per heavy atom. The van der Waals surface area contributed by atoms with Gasteiger partial charge in [-0.2, -0.15) is 0 Å². The van der Waals surface area contributed by atoms with E-state index in [1.165, 1.54) is 6.92 Å². The summed E-state index contributed by atoms with van der Waals surface area (Å²) in [5.41, 5.74) is 1.02. The number of esters is 1. The second-order valence-electron chi connectivity index (χ2n) is 4.17. The molecule has 1 aromatic carbocycles. The van der Waals surface area contributed by atoms with Gasteiger partial charge in [0.1, 0.15) is 6.10 Å². The monoisotopic (exact) mass is 282 g/mol. The number of hydrogen-bond donors (Lipinski definition) is 0. The predicted octanol–water partition coefficient (Wildman–Crippen LogP) is 2.70. The first-order chi connectivity index (χ1) is 9.13. The van der Waals surface area contributed by atoms with Crippen LogP contribution in [0.15, 0.2) is 36.4 Å². The van der Waals surface area contributed by atoms with Crippen molar-refractivity contribution >= 4 is 17.6 Å². The van der Waals surface area contributed by atoms with Gasteiger partial charge in [0.15, 0.2) is 6.29 Å². The molecule has 5 heteroatoms. The van der Waals surface area contributed by atoms with Crippen molar-refractivity contribution < 1.29 is 19.0 Å². The molecule has 102 valence electrons. The van der Waals surface area contributed by atoms with Gasteiger partial charge in [-0.15, -0.1) is 0 Å². The van der Waals surface area contributed by atoms with E-state index < -0.39 is 6.29 Å². The predicted molar refractivity (Wildman–Crippen MR) is 70.7 cm³/mol. The second kappa shape index (κ2) is 6.70. The molecular weight excluding hydrogens is 268 g/mol. The standard InChI is InChI=1S/C14H15ClO4/c1-10(16)19-13-6-7-14(18-9-13)17-8-11-2-4-12(15)5-3-11/h2-7,13-14H,8-9H2,1H3/t13-,14+/m1/s1. The average Bonchev–Trinajstić information content (AvgIpc) is 2.39. The van der Waals surface area contributed by atoms with Crippen molar-refractivity contribution in [2.75, 3.05) is 6.61 Å². The third kappa shape index (κ3) is 4.67. The quantitative estimate of drug-likeness (QED) is 0.629. The molecule has 0 aliphatic carbocycles. The number of rotatable bonds is 4. The second-order valence-corrected chi connectivity index (χ2v) is 4.61. The van der Waals surface area contributed by atoms with E-state index in [1.807, 2.05) is 24.3 Å². The van der Waals surface area contributed by atoms with Crippen LogP contribution in [0.25, 0.3) is 0 Å². The van der Waals surface area contributed by atoms with Gasteiger partial charge in [0.05, 0.1) is 13.2 Å². The lowest BCUT2D eigenvalue weighted by molar-refractivity contribution is -0.163. The average molecular weight is 283 g/mol. The highest BCUT2D eigenvalue weighted by atomic mass is 35.5. The summed E-state index contributed by atoms with van der Waals surface area (Å²) in [4.78, 5) is 10.8. The Morgan fingerprint density at radius 3 is 2.68 bits per heavy atom. The summed E-state index contributed by atoms with van der Waals surface area (Å²) in [6, 6.07) is 7.43. The van der Waals surface area contributed by atoms with E-state index >= 15 is 0 Å². The minimum atomic E-state index is -0.414. The molecule has 1 heterocycles. The van der Waals surface area contributed by atoms with Crippen LogP contribution in [0.4, 0.5) is 0 Å². The molecule has 0 unspecified atom stereocenters. The molecule has 0 radical (unpaired) electrons. The number of hydrogen-bond acceptors (Lipinski definition) is 4. The lowest BCUT2D eigenvalue weighted by Crippen LogP contribution is -2.29. The molecule has 2 atom stereocenters. The number of ether oxygens (including phenoxy) is 3.